The van der Waals surface area contributed by atoms with Gasteiger partial charge in [-0.25, -0.2) is 8.42 Å². The van der Waals surface area contributed by atoms with E-state index in [2.05, 4.69) is 15.9 Å². The van der Waals surface area contributed by atoms with E-state index in [0.717, 1.165) is 5.56 Å². The topological polar surface area (TPSA) is 80.5 Å². The van der Waals surface area contributed by atoms with E-state index in [1.54, 1.807) is 24.3 Å². The van der Waals surface area contributed by atoms with Crippen molar-refractivity contribution < 1.29 is 13.3 Å². The molecular formula is C16H15BrN2O4S. The van der Waals surface area contributed by atoms with E-state index in [1.807, 2.05) is 6.92 Å². The molecule has 3 rings (SSSR count). The number of fused-ring (bicyclic) bond motifs is 1. The molecule has 1 atom stereocenters. The third kappa shape index (κ3) is 2.80. The van der Waals surface area contributed by atoms with Crippen molar-refractivity contribution in [1.29, 1.82) is 0 Å². The highest BCUT2D eigenvalue weighted by atomic mass is 79.9. The molecule has 0 spiro atoms. The molecule has 6 nitrogen and oxygen atoms in total. The van der Waals surface area contributed by atoms with Crippen LogP contribution in [0.2, 0.25) is 0 Å². The van der Waals surface area contributed by atoms with E-state index < -0.39 is 14.9 Å². The van der Waals surface area contributed by atoms with Gasteiger partial charge in [0.25, 0.3) is 15.7 Å². The maximum Gasteiger partial charge on any atom is 0.269 e. The zero-order valence-corrected chi connectivity index (χ0v) is 15.2. The number of sulfonamides is 1. The van der Waals surface area contributed by atoms with Crippen LogP contribution >= 0.6 is 15.9 Å². The Morgan fingerprint density at radius 3 is 2.50 bits per heavy atom. The van der Waals surface area contributed by atoms with Crippen LogP contribution in [0.25, 0.3) is 0 Å². The van der Waals surface area contributed by atoms with Crippen LogP contribution in [-0.2, 0) is 16.4 Å². The molecule has 24 heavy (non-hydrogen) atoms. The summed E-state index contributed by atoms with van der Waals surface area (Å²) in [6, 6.07) is 10.7. The van der Waals surface area contributed by atoms with Gasteiger partial charge in [-0.3, -0.25) is 14.4 Å². The van der Waals surface area contributed by atoms with E-state index in [4.69, 9.17) is 0 Å². The van der Waals surface area contributed by atoms with Crippen LogP contribution in [0.4, 0.5) is 11.4 Å². The molecule has 0 aromatic heterocycles. The Kier molecular flexibility index (Phi) is 4.35. The Hall–Kier alpha value is -1.93. The van der Waals surface area contributed by atoms with Gasteiger partial charge in [-0.1, -0.05) is 33.6 Å². The second kappa shape index (κ2) is 6.18. The molecule has 2 aromatic rings. The largest absolute Gasteiger partial charge is 0.269 e. The van der Waals surface area contributed by atoms with E-state index >= 15 is 0 Å². The molecule has 0 radical (unpaired) electrons. The number of rotatable bonds is 4. The molecule has 0 aliphatic carbocycles. The van der Waals surface area contributed by atoms with E-state index in [9.17, 15) is 18.5 Å². The van der Waals surface area contributed by atoms with Crippen molar-refractivity contribution in [2.75, 3.05) is 9.64 Å². The van der Waals surface area contributed by atoms with Gasteiger partial charge in [0.15, 0.2) is 0 Å². The fourth-order valence-electron chi connectivity index (χ4n) is 2.86. The number of benzene rings is 2. The quantitative estimate of drug-likeness (QED) is 0.439. The first kappa shape index (κ1) is 16.9. The number of nitro groups is 1. The molecule has 0 amide bonds. The maximum atomic E-state index is 13.1. The molecule has 1 aliphatic rings. The van der Waals surface area contributed by atoms with Crippen LogP contribution in [0.5, 0.6) is 0 Å². The number of nitro benzene ring substituents is 1. The van der Waals surface area contributed by atoms with Crippen LogP contribution in [0.15, 0.2) is 47.4 Å². The normalized spacial score (nSPS) is 16.9. The summed E-state index contributed by atoms with van der Waals surface area (Å²) in [6.07, 6.45) is 0.438. The summed E-state index contributed by atoms with van der Waals surface area (Å²) in [4.78, 5) is 10.7. The number of hydrogen-bond acceptors (Lipinski definition) is 4. The first-order chi connectivity index (χ1) is 11.3. The van der Waals surface area contributed by atoms with Crippen LogP contribution < -0.4 is 4.31 Å². The summed E-state index contributed by atoms with van der Waals surface area (Å²) < 4.78 is 27.5. The molecule has 1 aliphatic heterocycles. The number of nitrogens with zero attached hydrogens (tertiary/aromatic N) is 2. The van der Waals surface area contributed by atoms with E-state index in [-0.39, 0.29) is 16.6 Å². The van der Waals surface area contributed by atoms with Crippen molar-refractivity contribution in [3.8, 4) is 0 Å². The minimum atomic E-state index is -3.73. The third-order valence-electron chi connectivity index (χ3n) is 4.05. The smallest absolute Gasteiger partial charge is 0.262 e. The molecule has 2 aromatic carbocycles. The lowest BCUT2D eigenvalue weighted by molar-refractivity contribution is -0.384. The highest BCUT2D eigenvalue weighted by Gasteiger charge is 2.38. The number of halogens is 1. The minimum absolute atomic E-state index is 0.0309. The lowest BCUT2D eigenvalue weighted by Gasteiger charge is -2.25. The molecule has 0 saturated carbocycles. The minimum Gasteiger partial charge on any atom is -0.262 e. The molecule has 0 N–H and O–H groups in total. The van der Waals surface area contributed by atoms with Gasteiger partial charge in [0.05, 0.1) is 21.5 Å². The van der Waals surface area contributed by atoms with E-state index in [1.165, 1.54) is 22.5 Å². The first-order valence-corrected chi connectivity index (χ1v) is 9.85. The van der Waals surface area contributed by atoms with Gasteiger partial charge in [-0.2, -0.15) is 0 Å². The fourth-order valence-corrected chi connectivity index (χ4v) is 5.26. The van der Waals surface area contributed by atoms with Crippen LogP contribution in [0.3, 0.4) is 0 Å². The fraction of sp³-hybridized carbons (Fsp3) is 0.250. The molecule has 8 heteroatoms. The summed E-state index contributed by atoms with van der Waals surface area (Å²) in [5, 5.41) is 11.4. The molecule has 0 fully saturated rings. The zero-order chi connectivity index (χ0) is 17.5. The van der Waals surface area contributed by atoms with Gasteiger partial charge in [0.2, 0.25) is 0 Å². The summed E-state index contributed by atoms with van der Waals surface area (Å²) in [7, 11) is -3.73. The summed E-state index contributed by atoms with van der Waals surface area (Å²) >= 11 is 3.36. The predicted molar refractivity (Wildman–Crippen MR) is 95.2 cm³/mol. The predicted octanol–water partition coefficient (Wildman–Crippen LogP) is 3.42. The standard InChI is InChI=1S/C16H15BrN2O4S/c1-11-2-5-15(6-3-11)24(22,23)18-14(10-17)9-12-8-13(19(20)21)4-7-16(12)18/h2-8,14H,9-10H2,1H3/t14-/m1/s1. The highest BCUT2D eigenvalue weighted by molar-refractivity contribution is 9.09. The van der Waals surface area contributed by atoms with Crippen molar-refractivity contribution in [3.05, 3.63) is 63.7 Å². The van der Waals surface area contributed by atoms with Gasteiger partial charge < -0.3 is 0 Å². The van der Waals surface area contributed by atoms with Gasteiger partial charge in [0, 0.05) is 17.5 Å². The lowest BCUT2D eigenvalue weighted by atomic mass is 10.1. The number of hydrogen-bond donors (Lipinski definition) is 0. The molecular weight excluding hydrogens is 396 g/mol. The Labute approximate surface area is 148 Å². The van der Waals surface area contributed by atoms with Crippen molar-refractivity contribution >= 4 is 37.3 Å². The summed E-state index contributed by atoms with van der Waals surface area (Å²) in [6.45, 7) is 1.89. The zero-order valence-electron chi connectivity index (χ0n) is 12.8. The Morgan fingerprint density at radius 2 is 1.92 bits per heavy atom. The monoisotopic (exact) mass is 410 g/mol. The molecule has 0 bridgehead atoms. The lowest BCUT2D eigenvalue weighted by Crippen LogP contribution is -2.38. The highest BCUT2D eigenvalue weighted by Crippen LogP contribution is 2.39. The second-order valence-corrected chi connectivity index (χ2v) is 8.16. The van der Waals surface area contributed by atoms with Gasteiger partial charge in [0.1, 0.15) is 0 Å². The summed E-state index contributed by atoms with van der Waals surface area (Å²) in [5.41, 5.74) is 2.12. The van der Waals surface area contributed by atoms with Gasteiger partial charge in [-0.15, -0.1) is 0 Å². The first-order valence-electron chi connectivity index (χ1n) is 7.29. The molecule has 0 saturated heterocycles. The van der Waals surface area contributed by atoms with Crippen LogP contribution in [-0.4, -0.2) is 24.7 Å². The van der Waals surface area contributed by atoms with Crippen molar-refractivity contribution in [3.63, 3.8) is 0 Å². The molecule has 1 heterocycles. The molecule has 0 unspecified atom stereocenters. The number of non-ortho nitro benzene ring substituents is 1. The van der Waals surface area contributed by atoms with Crippen molar-refractivity contribution in [1.82, 2.24) is 0 Å². The number of aryl methyl sites for hydroxylation is 1. The third-order valence-corrected chi connectivity index (χ3v) is 6.68. The Balaban J connectivity index is 2.10. The SMILES string of the molecule is Cc1ccc(S(=O)(=O)N2c3ccc([N+](=O)[O-])cc3C[C@@H]2CBr)cc1. The van der Waals surface area contributed by atoms with Crippen LogP contribution in [0, 0.1) is 17.0 Å². The van der Waals surface area contributed by atoms with Crippen molar-refractivity contribution in [2.45, 2.75) is 24.3 Å². The van der Waals surface area contributed by atoms with Gasteiger partial charge in [-0.05, 0) is 37.1 Å². The van der Waals surface area contributed by atoms with Gasteiger partial charge >= 0.3 is 0 Å². The Bertz CT molecular complexity index is 897. The summed E-state index contributed by atoms with van der Waals surface area (Å²) in [5.74, 6) is 0. The maximum absolute atomic E-state index is 13.1. The molecule has 126 valence electrons. The average Bonchev–Trinajstić information content (AvgIpc) is 2.93. The number of alkyl halides is 1. The van der Waals surface area contributed by atoms with E-state index in [0.29, 0.717) is 23.0 Å². The average molecular weight is 411 g/mol. The number of anilines is 1. The van der Waals surface area contributed by atoms with Crippen LogP contribution in [0.1, 0.15) is 11.1 Å². The second-order valence-electron chi connectivity index (χ2n) is 5.70. The Morgan fingerprint density at radius 1 is 1.25 bits per heavy atom. The van der Waals surface area contributed by atoms with Crippen molar-refractivity contribution in [2.24, 2.45) is 0 Å².